The highest BCUT2D eigenvalue weighted by Gasteiger charge is 2.29. The van der Waals surface area contributed by atoms with E-state index in [0.29, 0.717) is 6.54 Å². The van der Waals surface area contributed by atoms with Crippen molar-refractivity contribution in [3.8, 4) is 0 Å². The van der Waals surface area contributed by atoms with Crippen molar-refractivity contribution < 1.29 is 9.72 Å². The Morgan fingerprint density at radius 1 is 1.58 bits per heavy atom. The van der Waals surface area contributed by atoms with Crippen molar-refractivity contribution in [3.63, 3.8) is 0 Å². The lowest BCUT2D eigenvalue weighted by molar-refractivity contribution is -0.384. The summed E-state index contributed by atoms with van der Waals surface area (Å²) in [5.41, 5.74) is 0.108. The Bertz CT molecular complexity index is 519. The maximum atomic E-state index is 12.4. The van der Waals surface area contributed by atoms with Crippen LogP contribution in [0.4, 0.5) is 5.69 Å². The monoisotopic (exact) mass is 282 g/mol. The number of nitro groups is 1. The van der Waals surface area contributed by atoms with E-state index in [2.05, 4.69) is 0 Å². The van der Waals surface area contributed by atoms with Gasteiger partial charge in [0.2, 0.25) is 0 Å². The van der Waals surface area contributed by atoms with Crippen LogP contribution in [0.25, 0.3) is 0 Å². The molecule has 1 amide bonds. The second kappa shape index (κ2) is 5.57. The predicted octanol–water partition coefficient (Wildman–Crippen LogP) is 3.26. The van der Waals surface area contributed by atoms with E-state index < -0.39 is 4.92 Å². The number of hydrogen-bond donors (Lipinski definition) is 0. The summed E-state index contributed by atoms with van der Waals surface area (Å²) in [4.78, 5) is 24.4. The second-order valence-corrected chi connectivity index (χ2v) is 5.03. The van der Waals surface area contributed by atoms with Crippen LogP contribution in [0.2, 0.25) is 5.02 Å². The predicted molar refractivity (Wildman–Crippen MR) is 72.5 cm³/mol. The molecule has 0 radical (unpaired) electrons. The molecule has 1 atom stereocenters. The molecule has 1 aliphatic rings. The number of nitro benzene ring substituents is 1. The first-order valence-electron chi connectivity index (χ1n) is 6.29. The van der Waals surface area contributed by atoms with E-state index in [9.17, 15) is 14.9 Å². The number of likely N-dealkylation sites (tertiary alicyclic amines) is 1. The molecule has 1 heterocycles. The number of nitrogens with zero attached hydrogens (tertiary/aromatic N) is 2. The van der Waals surface area contributed by atoms with Gasteiger partial charge in [-0.05, 0) is 25.3 Å². The molecule has 0 aliphatic carbocycles. The van der Waals surface area contributed by atoms with Crippen LogP contribution in [-0.4, -0.2) is 28.3 Å². The standard InChI is InChI=1S/C13H15ClN2O3/c1-2-9-4-3-7-15(9)13(17)11-8-10(16(18)19)5-6-12(11)14/h5-6,8-9H,2-4,7H2,1H3. The van der Waals surface area contributed by atoms with Gasteiger partial charge in [-0.1, -0.05) is 18.5 Å². The summed E-state index contributed by atoms with van der Waals surface area (Å²) in [7, 11) is 0. The number of halogens is 1. The lowest BCUT2D eigenvalue weighted by atomic mass is 10.1. The molecule has 0 bridgehead atoms. The maximum absolute atomic E-state index is 12.4. The van der Waals surface area contributed by atoms with Crippen LogP contribution in [0.15, 0.2) is 18.2 Å². The van der Waals surface area contributed by atoms with Gasteiger partial charge in [0.05, 0.1) is 15.5 Å². The molecule has 0 aromatic heterocycles. The van der Waals surface area contributed by atoms with Gasteiger partial charge >= 0.3 is 0 Å². The van der Waals surface area contributed by atoms with Gasteiger partial charge in [0.1, 0.15) is 0 Å². The molecular formula is C13H15ClN2O3. The zero-order valence-electron chi connectivity index (χ0n) is 10.6. The van der Waals surface area contributed by atoms with Crippen LogP contribution in [0, 0.1) is 10.1 Å². The van der Waals surface area contributed by atoms with E-state index >= 15 is 0 Å². The summed E-state index contributed by atoms with van der Waals surface area (Å²) in [6, 6.07) is 4.18. The van der Waals surface area contributed by atoms with Gasteiger partial charge in [-0.25, -0.2) is 0 Å². The van der Waals surface area contributed by atoms with E-state index in [1.54, 1.807) is 4.90 Å². The molecule has 6 heteroatoms. The number of benzene rings is 1. The van der Waals surface area contributed by atoms with Crippen LogP contribution < -0.4 is 0 Å². The molecule has 2 rings (SSSR count). The summed E-state index contributed by atoms with van der Waals surface area (Å²) < 4.78 is 0. The molecule has 102 valence electrons. The average molecular weight is 283 g/mol. The molecule has 5 nitrogen and oxygen atoms in total. The third-order valence-electron chi connectivity index (χ3n) is 3.50. The lowest BCUT2D eigenvalue weighted by Crippen LogP contribution is -2.35. The van der Waals surface area contributed by atoms with Gasteiger partial charge in [0.15, 0.2) is 0 Å². The Morgan fingerprint density at radius 3 is 2.95 bits per heavy atom. The zero-order chi connectivity index (χ0) is 14.0. The average Bonchev–Trinajstić information content (AvgIpc) is 2.86. The molecular weight excluding hydrogens is 268 g/mol. The summed E-state index contributed by atoms with van der Waals surface area (Å²) in [5.74, 6) is -0.210. The Kier molecular flexibility index (Phi) is 4.04. The summed E-state index contributed by atoms with van der Waals surface area (Å²) in [5, 5.41) is 11.0. The molecule has 0 saturated carbocycles. The third kappa shape index (κ3) is 2.71. The first-order chi connectivity index (χ1) is 9.04. The second-order valence-electron chi connectivity index (χ2n) is 4.62. The molecule has 1 fully saturated rings. The summed E-state index contributed by atoms with van der Waals surface area (Å²) >= 11 is 5.99. The van der Waals surface area contributed by atoms with Crippen molar-refractivity contribution in [1.29, 1.82) is 0 Å². The summed E-state index contributed by atoms with van der Waals surface area (Å²) in [6.45, 7) is 2.72. The molecule has 0 spiro atoms. The van der Waals surface area contributed by atoms with Crippen LogP contribution in [-0.2, 0) is 0 Å². The highest BCUT2D eigenvalue weighted by molar-refractivity contribution is 6.33. The highest BCUT2D eigenvalue weighted by atomic mass is 35.5. The molecule has 1 aromatic carbocycles. The Labute approximate surface area is 116 Å². The van der Waals surface area contributed by atoms with Gasteiger partial charge in [0, 0.05) is 24.7 Å². The van der Waals surface area contributed by atoms with E-state index in [0.717, 1.165) is 19.3 Å². The Morgan fingerprint density at radius 2 is 2.32 bits per heavy atom. The van der Waals surface area contributed by atoms with E-state index in [1.165, 1.54) is 18.2 Å². The van der Waals surface area contributed by atoms with E-state index in [1.807, 2.05) is 6.92 Å². The van der Waals surface area contributed by atoms with Gasteiger partial charge in [-0.2, -0.15) is 0 Å². The molecule has 0 N–H and O–H groups in total. The smallest absolute Gasteiger partial charge is 0.270 e. The minimum Gasteiger partial charge on any atom is -0.336 e. The van der Waals surface area contributed by atoms with Gasteiger partial charge < -0.3 is 4.90 Å². The number of carbonyl (C=O) groups excluding carboxylic acids is 1. The number of hydrogen-bond acceptors (Lipinski definition) is 3. The molecule has 1 aromatic rings. The first-order valence-corrected chi connectivity index (χ1v) is 6.67. The first kappa shape index (κ1) is 13.8. The molecule has 1 saturated heterocycles. The molecule has 1 unspecified atom stereocenters. The Balaban J connectivity index is 2.32. The molecule has 1 aliphatic heterocycles. The lowest BCUT2D eigenvalue weighted by Gasteiger charge is -2.24. The fraction of sp³-hybridized carbons (Fsp3) is 0.462. The third-order valence-corrected chi connectivity index (χ3v) is 3.83. The van der Waals surface area contributed by atoms with Gasteiger partial charge in [-0.15, -0.1) is 0 Å². The number of non-ortho nitro benzene ring substituents is 1. The van der Waals surface area contributed by atoms with Crippen molar-refractivity contribution in [1.82, 2.24) is 4.90 Å². The van der Waals surface area contributed by atoms with Crippen LogP contribution in [0.1, 0.15) is 36.5 Å². The van der Waals surface area contributed by atoms with Crippen molar-refractivity contribution >= 4 is 23.2 Å². The van der Waals surface area contributed by atoms with Crippen LogP contribution in [0.5, 0.6) is 0 Å². The normalized spacial score (nSPS) is 18.6. The number of rotatable bonds is 3. The quantitative estimate of drug-likeness (QED) is 0.631. The van der Waals surface area contributed by atoms with E-state index in [4.69, 9.17) is 11.6 Å². The van der Waals surface area contributed by atoms with Gasteiger partial charge in [-0.3, -0.25) is 14.9 Å². The van der Waals surface area contributed by atoms with Crippen molar-refractivity contribution in [2.45, 2.75) is 32.2 Å². The fourth-order valence-corrected chi connectivity index (χ4v) is 2.67. The minimum atomic E-state index is -0.519. The Hall–Kier alpha value is -1.62. The summed E-state index contributed by atoms with van der Waals surface area (Å²) in [6.07, 6.45) is 2.84. The molecule has 19 heavy (non-hydrogen) atoms. The number of carbonyl (C=O) groups is 1. The maximum Gasteiger partial charge on any atom is 0.270 e. The van der Waals surface area contributed by atoms with Gasteiger partial charge in [0.25, 0.3) is 11.6 Å². The minimum absolute atomic E-state index is 0.111. The van der Waals surface area contributed by atoms with Crippen molar-refractivity contribution in [2.24, 2.45) is 0 Å². The van der Waals surface area contributed by atoms with E-state index in [-0.39, 0.29) is 28.2 Å². The van der Waals surface area contributed by atoms with Crippen molar-refractivity contribution in [3.05, 3.63) is 38.9 Å². The van der Waals surface area contributed by atoms with Crippen LogP contribution in [0.3, 0.4) is 0 Å². The topological polar surface area (TPSA) is 63.5 Å². The largest absolute Gasteiger partial charge is 0.336 e. The van der Waals surface area contributed by atoms with Crippen molar-refractivity contribution in [2.75, 3.05) is 6.54 Å². The fourth-order valence-electron chi connectivity index (χ4n) is 2.47. The SMILES string of the molecule is CCC1CCCN1C(=O)c1cc([N+](=O)[O-])ccc1Cl. The highest BCUT2D eigenvalue weighted by Crippen LogP contribution is 2.27. The van der Waals surface area contributed by atoms with Crippen LogP contribution >= 0.6 is 11.6 Å². The zero-order valence-corrected chi connectivity index (χ0v) is 11.4. The number of amides is 1.